The van der Waals surface area contributed by atoms with Crippen molar-refractivity contribution in [2.75, 3.05) is 0 Å². The first kappa shape index (κ1) is 40.1. The molecule has 3 heterocycles. The average molecular weight is 924 g/mol. The molecule has 4 nitrogen and oxygen atoms in total. The molecule has 332 valence electrons. The maximum Gasteiger partial charge on any atom is 0.164 e. The van der Waals surface area contributed by atoms with Crippen LogP contribution in [-0.4, -0.2) is 15.0 Å². The Kier molecular flexibility index (Phi) is 8.99. The summed E-state index contributed by atoms with van der Waals surface area (Å²) in [6.45, 7) is 0. The first-order chi connectivity index (χ1) is 35.1. The Morgan fingerprint density at radius 3 is 2.01 bits per heavy atom. The van der Waals surface area contributed by atoms with Gasteiger partial charge in [0.25, 0.3) is 0 Å². The fourth-order valence-electron chi connectivity index (χ4n) is 11.4. The minimum atomic E-state index is 0.599. The Labute approximate surface area is 412 Å². The van der Waals surface area contributed by atoms with Gasteiger partial charge in [0.1, 0.15) is 11.2 Å². The highest BCUT2D eigenvalue weighted by atomic mass is 32.1. The molecule has 3 aromatic heterocycles. The van der Waals surface area contributed by atoms with Crippen LogP contribution in [0.2, 0.25) is 0 Å². The molecule has 0 saturated heterocycles. The van der Waals surface area contributed by atoms with E-state index in [-0.39, 0.29) is 0 Å². The number of allylic oxidation sites excluding steroid dienone is 1. The van der Waals surface area contributed by atoms with Gasteiger partial charge in [-0.2, -0.15) is 0 Å². The zero-order valence-electron chi connectivity index (χ0n) is 38.5. The Hall–Kier alpha value is -8.77. The number of thiophene rings is 1. The lowest BCUT2D eigenvalue weighted by molar-refractivity contribution is 0.669. The standard InChI is InChI=1S/C66H41N3OS/c1-2-14-39(15-3-1)41-21-12-22-46(30-41)64-67-65(53-25-13-27-59-63(53)52-24-10-11-26-58(52)70-59)69-66(68-64)55-38-57-56-35-44-19-6-7-20-45(44)36-60(56)71-61(57)37-48(55)33-49-32-47-31-42-17-4-5-18-43(42)34-54(47)51-29-28-40-16-8-9-23-50(40)62(49)51/h1-6,8-19,21-32,34-38H,7,20,33H2. The molecular weight excluding hydrogens is 883 g/mol. The molecular formula is C66H41N3OS. The van der Waals surface area contributed by atoms with E-state index in [9.17, 15) is 0 Å². The zero-order chi connectivity index (χ0) is 46.6. The summed E-state index contributed by atoms with van der Waals surface area (Å²) < 4.78 is 9.02. The third kappa shape index (κ3) is 6.61. The van der Waals surface area contributed by atoms with E-state index < -0.39 is 0 Å². The number of hydrogen-bond acceptors (Lipinski definition) is 5. The highest BCUT2D eigenvalue weighted by Gasteiger charge is 2.23. The molecule has 0 spiro atoms. The lowest BCUT2D eigenvalue weighted by Crippen LogP contribution is -2.03. The van der Waals surface area contributed by atoms with Crippen molar-refractivity contribution in [3.8, 4) is 45.3 Å². The fraction of sp³-hybridized carbons (Fsp3) is 0.0455. The zero-order valence-corrected chi connectivity index (χ0v) is 39.3. The summed E-state index contributed by atoms with van der Waals surface area (Å²) in [4.78, 5) is 16.5. The first-order valence-electron chi connectivity index (χ1n) is 24.4. The fourth-order valence-corrected chi connectivity index (χ4v) is 12.6. The van der Waals surface area contributed by atoms with Gasteiger partial charge in [-0.05, 0) is 150 Å². The molecule has 11 aromatic carbocycles. The van der Waals surface area contributed by atoms with Crippen LogP contribution in [0.15, 0.2) is 211 Å². The number of para-hydroxylation sites is 1. The maximum absolute atomic E-state index is 6.46. The summed E-state index contributed by atoms with van der Waals surface area (Å²) in [6, 6.07) is 72.5. The number of rotatable bonds is 6. The summed E-state index contributed by atoms with van der Waals surface area (Å²) >= 11 is 1.89. The number of benzene rings is 11. The maximum atomic E-state index is 6.46. The molecule has 0 saturated carbocycles. The Morgan fingerprint density at radius 2 is 1.11 bits per heavy atom. The van der Waals surface area contributed by atoms with Crippen molar-refractivity contribution in [3.05, 3.63) is 229 Å². The molecule has 15 rings (SSSR count). The van der Waals surface area contributed by atoms with E-state index in [4.69, 9.17) is 19.4 Å². The second-order valence-electron chi connectivity index (χ2n) is 19.0. The number of nitrogens with zero attached hydrogens (tertiary/aromatic N) is 3. The smallest absolute Gasteiger partial charge is 0.164 e. The van der Waals surface area contributed by atoms with Crippen molar-refractivity contribution in [2.24, 2.45) is 0 Å². The Balaban J connectivity index is 1.02. The predicted octanol–water partition coefficient (Wildman–Crippen LogP) is 18.0. The lowest BCUT2D eigenvalue weighted by atomic mass is 9.88. The van der Waals surface area contributed by atoms with Crippen LogP contribution in [0.3, 0.4) is 0 Å². The van der Waals surface area contributed by atoms with Gasteiger partial charge in [0, 0.05) is 47.6 Å². The Bertz CT molecular complexity index is 4560. The van der Waals surface area contributed by atoms with Crippen LogP contribution in [0, 0.1) is 0 Å². The number of hydrogen-bond donors (Lipinski definition) is 0. The van der Waals surface area contributed by atoms with Crippen molar-refractivity contribution >= 4 is 103 Å². The quantitative estimate of drug-likeness (QED) is 0.123. The van der Waals surface area contributed by atoms with E-state index in [1.165, 1.54) is 80.0 Å². The van der Waals surface area contributed by atoms with Gasteiger partial charge in [0.05, 0.1) is 0 Å². The molecule has 0 atom stereocenters. The van der Waals surface area contributed by atoms with Crippen molar-refractivity contribution in [1.29, 1.82) is 0 Å². The molecule has 0 fully saturated rings. The normalized spacial score (nSPS) is 12.7. The number of fused-ring (bicyclic) bond motifs is 13. The molecule has 0 aliphatic heterocycles. The van der Waals surface area contributed by atoms with Gasteiger partial charge < -0.3 is 4.42 Å². The number of aryl methyl sites for hydroxylation is 1. The minimum absolute atomic E-state index is 0.599. The highest BCUT2D eigenvalue weighted by Crippen LogP contribution is 2.44. The van der Waals surface area contributed by atoms with Gasteiger partial charge in [-0.1, -0.05) is 158 Å². The molecule has 0 N–H and O–H groups in total. The SMILES string of the molecule is C1=Cc2cc3c(cc2CC1)sc1cc(Cc2cc4cc5ccccc5cc4c4ccc5ccccc5c24)c(-c2nc(-c4cccc(-c5ccccc5)c4)nc(-c4cccc5oc6ccccc6c45)n2)cc13. The molecule has 71 heavy (non-hydrogen) atoms. The first-order valence-corrected chi connectivity index (χ1v) is 25.2. The van der Waals surface area contributed by atoms with Gasteiger partial charge in [-0.15, -0.1) is 11.3 Å². The van der Waals surface area contributed by atoms with Crippen LogP contribution in [0.5, 0.6) is 0 Å². The van der Waals surface area contributed by atoms with Crippen LogP contribution in [0.25, 0.3) is 137 Å². The van der Waals surface area contributed by atoms with Gasteiger partial charge in [-0.25, -0.2) is 15.0 Å². The van der Waals surface area contributed by atoms with Crippen LogP contribution < -0.4 is 0 Å². The highest BCUT2D eigenvalue weighted by molar-refractivity contribution is 7.25. The van der Waals surface area contributed by atoms with Crippen LogP contribution in [-0.2, 0) is 12.8 Å². The van der Waals surface area contributed by atoms with Crippen molar-refractivity contribution in [2.45, 2.75) is 19.3 Å². The van der Waals surface area contributed by atoms with E-state index in [1.54, 1.807) is 0 Å². The topological polar surface area (TPSA) is 51.8 Å². The summed E-state index contributed by atoms with van der Waals surface area (Å²) in [5.74, 6) is 1.85. The van der Waals surface area contributed by atoms with E-state index in [1.807, 2.05) is 35.6 Å². The molecule has 0 amide bonds. The molecule has 5 heteroatoms. The molecule has 1 aliphatic carbocycles. The van der Waals surface area contributed by atoms with Crippen LogP contribution in [0.4, 0.5) is 0 Å². The second kappa shape index (κ2) is 15.9. The van der Waals surface area contributed by atoms with Gasteiger partial charge in [-0.3, -0.25) is 0 Å². The molecule has 0 radical (unpaired) electrons. The lowest BCUT2D eigenvalue weighted by Gasteiger charge is -2.17. The van der Waals surface area contributed by atoms with Crippen molar-refractivity contribution in [1.82, 2.24) is 15.0 Å². The van der Waals surface area contributed by atoms with Crippen LogP contribution >= 0.6 is 11.3 Å². The van der Waals surface area contributed by atoms with E-state index in [0.29, 0.717) is 23.9 Å². The van der Waals surface area contributed by atoms with Crippen LogP contribution in [0.1, 0.15) is 28.7 Å². The molecule has 1 aliphatic rings. The van der Waals surface area contributed by atoms with Crippen molar-refractivity contribution < 1.29 is 4.42 Å². The van der Waals surface area contributed by atoms with E-state index >= 15 is 0 Å². The number of aromatic nitrogens is 3. The molecule has 14 aromatic rings. The van der Waals surface area contributed by atoms with E-state index in [2.05, 4.69) is 188 Å². The van der Waals surface area contributed by atoms with Crippen molar-refractivity contribution in [3.63, 3.8) is 0 Å². The van der Waals surface area contributed by atoms with Gasteiger partial charge in [0.15, 0.2) is 17.5 Å². The summed E-state index contributed by atoms with van der Waals surface area (Å²) in [5.41, 5.74) is 11.8. The largest absolute Gasteiger partial charge is 0.456 e. The molecule has 0 unspecified atom stereocenters. The third-order valence-electron chi connectivity index (χ3n) is 14.8. The second-order valence-corrected chi connectivity index (χ2v) is 20.1. The summed E-state index contributed by atoms with van der Waals surface area (Å²) in [6.07, 6.45) is 7.39. The van der Waals surface area contributed by atoms with Gasteiger partial charge >= 0.3 is 0 Å². The number of furan rings is 1. The van der Waals surface area contributed by atoms with Gasteiger partial charge in [0.2, 0.25) is 0 Å². The van der Waals surface area contributed by atoms with E-state index in [0.717, 1.165) is 68.2 Å². The monoisotopic (exact) mass is 923 g/mol. The summed E-state index contributed by atoms with van der Waals surface area (Å²) in [7, 11) is 0. The molecule has 0 bridgehead atoms. The third-order valence-corrected chi connectivity index (χ3v) is 15.9. The summed E-state index contributed by atoms with van der Waals surface area (Å²) in [5, 5.41) is 14.5. The Morgan fingerprint density at radius 1 is 0.408 bits per heavy atom. The average Bonchev–Trinajstić information content (AvgIpc) is 3.99. The minimum Gasteiger partial charge on any atom is -0.456 e. The predicted molar refractivity (Wildman–Crippen MR) is 298 cm³/mol.